The van der Waals surface area contributed by atoms with E-state index in [1.807, 2.05) is 13.8 Å². The summed E-state index contributed by atoms with van der Waals surface area (Å²) in [6, 6.07) is -0.587. The first-order valence-electron chi connectivity index (χ1n) is 6.36. The second-order valence-corrected chi connectivity index (χ2v) is 5.23. The van der Waals surface area contributed by atoms with Gasteiger partial charge in [0.1, 0.15) is 6.04 Å². The summed E-state index contributed by atoms with van der Waals surface area (Å²) in [5, 5.41) is 2.73. The van der Waals surface area contributed by atoms with E-state index in [2.05, 4.69) is 10.1 Å². The van der Waals surface area contributed by atoms with Crippen molar-refractivity contribution >= 4 is 11.9 Å². The second kappa shape index (κ2) is 6.18. The Bertz CT molecular complexity index is 305. The monoisotopic (exact) mass is 257 g/mol. The Balaban J connectivity index is 2.53. The van der Waals surface area contributed by atoms with Crippen LogP contribution < -0.4 is 5.32 Å². The van der Waals surface area contributed by atoms with Gasteiger partial charge in [-0.15, -0.1) is 0 Å². The largest absolute Gasteiger partial charge is 0.467 e. The Morgan fingerprint density at radius 2 is 1.89 bits per heavy atom. The van der Waals surface area contributed by atoms with Crippen molar-refractivity contribution < 1.29 is 19.1 Å². The van der Waals surface area contributed by atoms with Crippen LogP contribution in [0.2, 0.25) is 0 Å². The van der Waals surface area contributed by atoms with Crippen LogP contribution in [0.1, 0.15) is 39.5 Å². The molecule has 0 spiro atoms. The molecule has 1 unspecified atom stereocenters. The molecule has 1 saturated carbocycles. The lowest BCUT2D eigenvalue weighted by Gasteiger charge is -2.40. The summed E-state index contributed by atoms with van der Waals surface area (Å²) in [5.41, 5.74) is -0.318. The van der Waals surface area contributed by atoms with E-state index in [1.54, 1.807) is 7.11 Å². The number of methoxy groups -OCH3 is 2. The van der Waals surface area contributed by atoms with Crippen LogP contribution in [-0.2, 0) is 19.1 Å². The van der Waals surface area contributed by atoms with E-state index >= 15 is 0 Å². The molecule has 5 heteroatoms. The Morgan fingerprint density at radius 3 is 2.22 bits per heavy atom. The molecule has 1 fully saturated rings. The van der Waals surface area contributed by atoms with E-state index < -0.39 is 12.0 Å². The lowest BCUT2D eigenvalue weighted by molar-refractivity contribution is -0.148. The molecule has 1 rings (SSSR count). The molecule has 18 heavy (non-hydrogen) atoms. The number of rotatable bonds is 6. The number of carbonyl (C=O) groups excluding carboxylic acids is 2. The second-order valence-electron chi connectivity index (χ2n) is 5.23. The van der Waals surface area contributed by atoms with Crippen LogP contribution in [0.15, 0.2) is 0 Å². The van der Waals surface area contributed by atoms with Gasteiger partial charge in [-0.1, -0.05) is 13.8 Å². The van der Waals surface area contributed by atoms with Gasteiger partial charge in [-0.3, -0.25) is 4.79 Å². The normalized spacial score (nSPS) is 18.9. The van der Waals surface area contributed by atoms with Gasteiger partial charge in [0, 0.05) is 7.11 Å². The summed E-state index contributed by atoms with van der Waals surface area (Å²) in [5.74, 6) is -0.555. The molecule has 1 aliphatic rings. The molecule has 1 amide bonds. The van der Waals surface area contributed by atoms with E-state index in [1.165, 1.54) is 7.11 Å². The topological polar surface area (TPSA) is 64.6 Å². The molecule has 1 N–H and O–H groups in total. The molecule has 1 aliphatic carbocycles. The van der Waals surface area contributed by atoms with Gasteiger partial charge in [-0.2, -0.15) is 0 Å². The predicted octanol–water partition coefficient (Wildman–Crippen LogP) is 1.26. The summed E-state index contributed by atoms with van der Waals surface area (Å²) >= 11 is 0. The standard InChI is InChI=1S/C13H23NO4/c1-9(2)11(12(16)17-3)14-10(15)8-13(18-4)6-5-7-13/h9,11H,5-8H2,1-4H3,(H,14,15). The average Bonchev–Trinajstić information content (AvgIpc) is 2.29. The number of hydrogen-bond donors (Lipinski definition) is 1. The molecule has 0 aliphatic heterocycles. The molecule has 5 nitrogen and oxygen atoms in total. The van der Waals surface area contributed by atoms with Gasteiger partial charge < -0.3 is 14.8 Å². The van der Waals surface area contributed by atoms with Crippen molar-refractivity contribution in [3.63, 3.8) is 0 Å². The average molecular weight is 257 g/mol. The summed E-state index contributed by atoms with van der Waals surface area (Å²) in [7, 11) is 2.96. The highest BCUT2D eigenvalue weighted by Gasteiger charge is 2.39. The van der Waals surface area contributed by atoms with Crippen LogP contribution in [0.5, 0.6) is 0 Å². The molecule has 0 radical (unpaired) electrons. The van der Waals surface area contributed by atoms with Gasteiger partial charge in [-0.05, 0) is 25.2 Å². The summed E-state index contributed by atoms with van der Waals surface area (Å²) in [6.07, 6.45) is 3.21. The fourth-order valence-corrected chi connectivity index (χ4v) is 2.17. The molecule has 0 saturated heterocycles. The first kappa shape index (κ1) is 15.0. The minimum Gasteiger partial charge on any atom is -0.467 e. The third-order valence-corrected chi connectivity index (χ3v) is 3.62. The van der Waals surface area contributed by atoms with Crippen LogP contribution >= 0.6 is 0 Å². The Kier molecular flexibility index (Phi) is 5.14. The van der Waals surface area contributed by atoms with Crippen molar-refractivity contribution in [2.45, 2.75) is 51.2 Å². The fraction of sp³-hybridized carbons (Fsp3) is 0.846. The molecule has 0 aromatic heterocycles. The van der Waals surface area contributed by atoms with E-state index in [0.717, 1.165) is 19.3 Å². The van der Waals surface area contributed by atoms with Crippen LogP contribution in [0, 0.1) is 5.92 Å². The van der Waals surface area contributed by atoms with Crippen molar-refractivity contribution in [3.8, 4) is 0 Å². The number of amides is 1. The third kappa shape index (κ3) is 3.45. The van der Waals surface area contributed by atoms with Crippen LogP contribution in [0.4, 0.5) is 0 Å². The van der Waals surface area contributed by atoms with Gasteiger partial charge >= 0.3 is 5.97 Å². The summed E-state index contributed by atoms with van der Waals surface area (Å²) in [6.45, 7) is 3.74. The number of hydrogen-bond acceptors (Lipinski definition) is 4. The molecule has 0 aromatic rings. The van der Waals surface area contributed by atoms with Crippen molar-refractivity contribution in [2.75, 3.05) is 14.2 Å². The van der Waals surface area contributed by atoms with Crippen molar-refractivity contribution in [1.29, 1.82) is 0 Å². The Labute approximate surface area is 108 Å². The predicted molar refractivity (Wildman–Crippen MR) is 67.0 cm³/mol. The number of ether oxygens (including phenoxy) is 2. The Hall–Kier alpha value is -1.10. The lowest BCUT2D eigenvalue weighted by Crippen LogP contribution is -2.49. The number of nitrogens with one attached hydrogen (secondary N) is 1. The fourth-order valence-electron chi connectivity index (χ4n) is 2.17. The van der Waals surface area contributed by atoms with Crippen LogP contribution in [0.3, 0.4) is 0 Å². The lowest BCUT2D eigenvalue weighted by atomic mass is 9.77. The minimum atomic E-state index is -0.587. The highest BCUT2D eigenvalue weighted by atomic mass is 16.5. The maximum Gasteiger partial charge on any atom is 0.328 e. The Morgan fingerprint density at radius 1 is 1.28 bits per heavy atom. The molecule has 0 aromatic carbocycles. The van der Waals surface area contributed by atoms with E-state index in [-0.39, 0.29) is 17.4 Å². The van der Waals surface area contributed by atoms with Gasteiger partial charge in [0.2, 0.25) is 5.91 Å². The smallest absolute Gasteiger partial charge is 0.328 e. The van der Waals surface area contributed by atoms with Gasteiger partial charge in [0.15, 0.2) is 0 Å². The first-order chi connectivity index (χ1) is 8.44. The zero-order valence-corrected chi connectivity index (χ0v) is 11.6. The highest BCUT2D eigenvalue weighted by molar-refractivity contribution is 5.85. The van der Waals surface area contributed by atoms with E-state index in [0.29, 0.717) is 6.42 Å². The van der Waals surface area contributed by atoms with E-state index in [4.69, 9.17) is 4.74 Å². The van der Waals surface area contributed by atoms with Crippen molar-refractivity contribution in [2.24, 2.45) is 5.92 Å². The molecule has 0 bridgehead atoms. The van der Waals surface area contributed by atoms with Gasteiger partial charge in [0.25, 0.3) is 0 Å². The summed E-state index contributed by atoms with van der Waals surface area (Å²) in [4.78, 5) is 23.5. The number of carbonyl (C=O) groups is 2. The quantitative estimate of drug-likeness (QED) is 0.728. The number of esters is 1. The maximum absolute atomic E-state index is 11.9. The SMILES string of the molecule is COC(=O)C(NC(=O)CC1(OC)CCC1)C(C)C. The zero-order chi connectivity index (χ0) is 13.8. The summed E-state index contributed by atoms with van der Waals surface area (Å²) < 4.78 is 10.1. The minimum absolute atomic E-state index is 0.00119. The molecule has 0 heterocycles. The van der Waals surface area contributed by atoms with Gasteiger partial charge in [0.05, 0.1) is 19.1 Å². The maximum atomic E-state index is 11.9. The first-order valence-corrected chi connectivity index (χ1v) is 6.36. The van der Waals surface area contributed by atoms with E-state index in [9.17, 15) is 9.59 Å². The van der Waals surface area contributed by atoms with Crippen molar-refractivity contribution in [1.82, 2.24) is 5.32 Å². The van der Waals surface area contributed by atoms with Crippen molar-refractivity contribution in [3.05, 3.63) is 0 Å². The van der Waals surface area contributed by atoms with Crippen LogP contribution in [0.25, 0.3) is 0 Å². The zero-order valence-electron chi connectivity index (χ0n) is 11.6. The molecule has 104 valence electrons. The van der Waals surface area contributed by atoms with Crippen LogP contribution in [-0.4, -0.2) is 37.7 Å². The molecule has 1 atom stereocenters. The third-order valence-electron chi connectivity index (χ3n) is 3.62. The molecular formula is C13H23NO4. The molecular weight excluding hydrogens is 234 g/mol. The highest BCUT2D eigenvalue weighted by Crippen LogP contribution is 2.37. The van der Waals surface area contributed by atoms with Gasteiger partial charge in [-0.25, -0.2) is 4.79 Å².